The molecule has 0 amide bonds. The van der Waals surface area contributed by atoms with E-state index in [0.29, 0.717) is 19.3 Å². The topological polar surface area (TPSA) is 34.6 Å². The summed E-state index contributed by atoms with van der Waals surface area (Å²) in [5.41, 5.74) is 1.33. The van der Waals surface area contributed by atoms with Crippen LogP contribution in [-0.2, 0) is 6.54 Å². The maximum absolute atomic E-state index is 5.71. The van der Waals surface area contributed by atoms with E-state index in [4.69, 9.17) is 9.47 Å². The summed E-state index contributed by atoms with van der Waals surface area (Å²) in [6, 6.07) is 6.84. The lowest BCUT2D eigenvalue weighted by atomic mass is 10.0. The summed E-state index contributed by atoms with van der Waals surface area (Å²) in [6.07, 6.45) is 4.32. The molecule has 1 aromatic carbocycles. The first-order valence-electron chi connectivity index (χ1n) is 7.42. The van der Waals surface area contributed by atoms with Crippen molar-refractivity contribution in [2.45, 2.75) is 25.4 Å². The number of rotatable bonds is 3. The van der Waals surface area contributed by atoms with Crippen molar-refractivity contribution in [3.8, 4) is 11.5 Å². The average Bonchev–Trinajstić information content (AvgIpc) is 3.19. The van der Waals surface area contributed by atoms with Gasteiger partial charge < -0.3 is 9.47 Å². The Labute approximate surface area is 128 Å². The Hall–Kier alpha value is -1.59. The van der Waals surface area contributed by atoms with Gasteiger partial charge in [0.15, 0.2) is 11.5 Å². The molecule has 0 radical (unpaired) electrons. The van der Waals surface area contributed by atoms with Crippen LogP contribution in [-0.4, -0.2) is 29.6 Å². The quantitative estimate of drug-likeness (QED) is 0.871. The number of benzene rings is 1. The van der Waals surface area contributed by atoms with Crippen LogP contribution in [0.25, 0.3) is 0 Å². The SMILES string of the molecule is c1csc(CN2CCC[C@H]2c2ccc3c(c2)OCCO3)n1. The molecule has 0 aliphatic carbocycles. The molecular formula is C16H18N2O2S. The lowest BCUT2D eigenvalue weighted by molar-refractivity contribution is 0.170. The Bertz CT molecular complexity index is 615. The van der Waals surface area contributed by atoms with Crippen LogP contribution < -0.4 is 9.47 Å². The van der Waals surface area contributed by atoms with E-state index in [0.717, 1.165) is 24.6 Å². The molecule has 0 unspecified atom stereocenters. The summed E-state index contributed by atoms with van der Waals surface area (Å²) in [6.45, 7) is 3.37. The van der Waals surface area contributed by atoms with Crippen molar-refractivity contribution in [1.29, 1.82) is 0 Å². The van der Waals surface area contributed by atoms with Crippen molar-refractivity contribution in [3.05, 3.63) is 40.3 Å². The third kappa shape index (κ3) is 2.63. The molecular weight excluding hydrogens is 284 g/mol. The molecule has 0 N–H and O–H groups in total. The average molecular weight is 302 g/mol. The lowest BCUT2D eigenvalue weighted by Gasteiger charge is -2.25. The predicted octanol–water partition coefficient (Wildman–Crippen LogP) is 3.25. The molecule has 1 fully saturated rings. The second-order valence-corrected chi connectivity index (χ2v) is 6.44. The van der Waals surface area contributed by atoms with E-state index in [2.05, 4.69) is 22.0 Å². The zero-order valence-corrected chi connectivity index (χ0v) is 12.6. The van der Waals surface area contributed by atoms with Crippen LogP contribution in [0.2, 0.25) is 0 Å². The van der Waals surface area contributed by atoms with Gasteiger partial charge in [0.25, 0.3) is 0 Å². The molecule has 0 saturated carbocycles. The van der Waals surface area contributed by atoms with Crippen LogP contribution in [0.3, 0.4) is 0 Å². The molecule has 5 heteroatoms. The van der Waals surface area contributed by atoms with Crippen molar-refractivity contribution >= 4 is 11.3 Å². The molecule has 4 nitrogen and oxygen atoms in total. The summed E-state index contributed by atoms with van der Waals surface area (Å²) >= 11 is 1.73. The minimum atomic E-state index is 0.463. The number of hydrogen-bond donors (Lipinski definition) is 0. The number of hydrogen-bond acceptors (Lipinski definition) is 5. The van der Waals surface area contributed by atoms with Gasteiger partial charge in [0.2, 0.25) is 0 Å². The smallest absolute Gasteiger partial charge is 0.161 e. The second-order valence-electron chi connectivity index (χ2n) is 5.46. The van der Waals surface area contributed by atoms with Crippen LogP contribution in [0.5, 0.6) is 11.5 Å². The first-order chi connectivity index (χ1) is 10.4. The van der Waals surface area contributed by atoms with Gasteiger partial charge in [-0.05, 0) is 37.1 Å². The van der Waals surface area contributed by atoms with Gasteiger partial charge in [-0.1, -0.05) is 6.07 Å². The highest BCUT2D eigenvalue weighted by atomic mass is 32.1. The molecule has 1 saturated heterocycles. The van der Waals surface area contributed by atoms with E-state index < -0.39 is 0 Å². The highest BCUT2D eigenvalue weighted by molar-refractivity contribution is 7.09. The van der Waals surface area contributed by atoms with Gasteiger partial charge in [0.1, 0.15) is 18.2 Å². The van der Waals surface area contributed by atoms with Gasteiger partial charge in [0.05, 0.1) is 6.54 Å². The number of aromatic nitrogens is 1. The zero-order chi connectivity index (χ0) is 14.1. The molecule has 3 heterocycles. The van der Waals surface area contributed by atoms with Gasteiger partial charge in [0, 0.05) is 17.6 Å². The standard InChI is InChI=1S/C16H18N2O2S/c1-2-13(18(6-1)11-16-17-5-9-21-16)12-3-4-14-15(10-12)20-8-7-19-14/h3-5,9-10,13H,1-2,6-8,11H2/t13-/m0/s1. The fraction of sp³-hybridized carbons (Fsp3) is 0.438. The molecule has 2 aliphatic rings. The highest BCUT2D eigenvalue weighted by Gasteiger charge is 2.27. The first-order valence-corrected chi connectivity index (χ1v) is 8.30. The van der Waals surface area contributed by atoms with Crippen molar-refractivity contribution in [2.24, 2.45) is 0 Å². The van der Waals surface area contributed by atoms with Gasteiger partial charge >= 0.3 is 0 Å². The Kier molecular flexibility index (Phi) is 3.53. The van der Waals surface area contributed by atoms with E-state index in [1.165, 1.54) is 23.4 Å². The fourth-order valence-corrected chi connectivity index (χ4v) is 3.81. The highest BCUT2D eigenvalue weighted by Crippen LogP contribution is 2.38. The van der Waals surface area contributed by atoms with E-state index in [-0.39, 0.29) is 0 Å². The number of ether oxygens (including phenoxy) is 2. The normalized spacial score (nSPS) is 21.6. The fourth-order valence-electron chi connectivity index (χ4n) is 3.16. The van der Waals surface area contributed by atoms with Crippen LogP contribution in [0.1, 0.15) is 29.5 Å². The van der Waals surface area contributed by atoms with E-state index in [9.17, 15) is 0 Å². The van der Waals surface area contributed by atoms with Crippen LogP contribution in [0.15, 0.2) is 29.8 Å². The number of nitrogens with zero attached hydrogens (tertiary/aromatic N) is 2. The Morgan fingerprint density at radius 3 is 3.00 bits per heavy atom. The van der Waals surface area contributed by atoms with Gasteiger partial charge in [-0.3, -0.25) is 4.90 Å². The van der Waals surface area contributed by atoms with Crippen LogP contribution in [0.4, 0.5) is 0 Å². The van der Waals surface area contributed by atoms with Gasteiger partial charge in [-0.25, -0.2) is 4.98 Å². The van der Waals surface area contributed by atoms with Crippen molar-refractivity contribution in [3.63, 3.8) is 0 Å². The van der Waals surface area contributed by atoms with Crippen LogP contribution in [0, 0.1) is 0 Å². The molecule has 110 valence electrons. The van der Waals surface area contributed by atoms with Crippen LogP contribution >= 0.6 is 11.3 Å². The minimum Gasteiger partial charge on any atom is -0.486 e. The Morgan fingerprint density at radius 2 is 2.14 bits per heavy atom. The number of likely N-dealkylation sites (tertiary alicyclic amines) is 1. The summed E-state index contributed by atoms with van der Waals surface area (Å²) in [5, 5.41) is 3.24. The molecule has 0 bridgehead atoms. The van der Waals surface area contributed by atoms with Crippen molar-refractivity contribution in [1.82, 2.24) is 9.88 Å². The molecule has 1 atom stereocenters. The zero-order valence-electron chi connectivity index (χ0n) is 11.8. The maximum Gasteiger partial charge on any atom is 0.161 e. The first kappa shape index (κ1) is 13.1. The summed E-state index contributed by atoms with van der Waals surface area (Å²) in [4.78, 5) is 6.93. The molecule has 4 rings (SSSR count). The van der Waals surface area contributed by atoms with E-state index in [1.807, 2.05) is 17.6 Å². The molecule has 21 heavy (non-hydrogen) atoms. The second kappa shape index (κ2) is 5.66. The molecule has 2 aliphatic heterocycles. The Morgan fingerprint density at radius 1 is 1.24 bits per heavy atom. The third-order valence-corrected chi connectivity index (χ3v) is 4.90. The third-order valence-electron chi connectivity index (χ3n) is 4.14. The molecule has 1 aromatic heterocycles. The maximum atomic E-state index is 5.71. The Balaban J connectivity index is 1.56. The molecule has 2 aromatic rings. The molecule has 0 spiro atoms. The number of thiazole rings is 1. The summed E-state index contributed by atoms with van der Waals surface area (Å²) < 4.78 is 11.3. The van der Waals surface area contributed by atoms with Crippen molar-refractivity contribution < 1.29 is 9.47 Å². The summed E-state index contributed by atoms with van der Waals surface area (Å²) in [7, 11) is 0. The van der Waals surface area contributed by atoms with Gasteiger partial charge in [-0.2, -0.15) is 0 Å². The monoisotopic (exact) mass is 302 g/mol. The number of fused-ring (bicyclic) bond motifs is 1. The minimum absolute atomic E-state index is 0.463. The van der Waals surface area contributed by atoms with E-state index >= 15 is 0 Å². The van der Waals surface area contributed by atoms with Gasteiger partial charge in [-0.15, -0.1) is 11.3 Å². The predicted molar refractivity (Wildman–Crippen MR) is 81.9 cm³/mol. The lowest BCUT2D eigenvalue weighted by Crippen LogP contribution is -2.23. The van der Waals surface area contributed by atoms with Crippen molar-refractivity contribution in [2.75, 3.05) is 19.8 Å². The summed E-state index contributed by atoms with van der Waals surface area (Å²) in [5.74, 6) is 1.76. The van der Waals surface area contributed by atoms with E-state index in [1.54, 1.807) is 11.3 Å². The largest absolute Gasteiger partial charge is 0.486 e.